The van der Waals surface area contributed by atoms with Crippen molar-refractivity contribution in [1.29, 1.82) is 0 Å². The Morgan fingerprint density at radius 1 is 0.893 bits per heavy atom. The van der Waals surface area contributed by atoms with E-state index >= 15 is 0 Å². The van der Waals surface area contributed by atoms with Gasteiger partial charge < -0.3 is 5.32 Å². The maximum absolute atomic E-state index is 10.9. The summed E-state index contributed by atoms with van der Waals surface area (Å²) in [4.78, 5) is 19.8. The van der Waals surface area contributed by atoms with Gasteiger partial charge in [0.05, 0.1) is 10.4 Å². The van der Waals surface area contributed by atoms with Gasteiger partial charge in [0, 0.05) is 29.1 Å². The third-order valence-electron chi connectivity index (χ3n) is 4.59. The van der Waals surface area contributed by atoms with Gasteiger partial charge in [0.1, 0.15) is 5.82 Å². The van der Waals surface area contributed by atoms with Crippen LogP contribution in [0.3, 0.4) is 0 Å². The van der Waals surface area contributed by atoms with Crippen molar-refractivity contribution < 1.29 is 4.92 Å². The van der Waals surface area contributed by atoms with Crippen LogP contribution in [-0.4, -0.2) is 14.9 Å². The highest BCUT2D eigenvalue weighted by molar-refractivity contribution is 5.90. The summed E-state index contributed by atoms with van der Waals surface area (Å²) in [6, 6.07) is 24.3. The molecule has 0 bridgehead atoms. The first-order valence-electron chi connectivity index (χ1n) is 8.95. The molecule has 6 heteroatoms. The largest absolute Gasteiger partial charge is 0.363 e. The fraction of sp³-hybridized carbons (Fsp3) is 0.0909. The second-order valence-corrected chi connectivity index (χ2v) is 6.49. The number of nitro benzene ring substituents is 1. The van der Waals surface area contributed by atoms with Gasteiger partial charge in [-0.25, -0.2) is 9.97 Å². The van der Waals surface area contributed by atoms with E-state index in [-0.39, 0.29) is 11.7 Å². The number of rotatable bonds is 5. The number of fused-ring (bicyclic) bond motifs is 1. The van der Waals surface area contributed by atoms with Gasteiger partial charge in [0.25, 0.3) is 5.69 Å². The van der Waals surface area contributed by atoms with E-state index in [1.165, 1.54) is 12.1 Å². The van der Waals surface area contributed by atoms with E-state index in [9.17, 15) is 10.1 Å². The van der Waals surface area contributed by atoms with Crippen LogP contribution in [0.1, 0.15) is 18.5 Å². The first kappa shape index (κ1) is 17.6. The number of nitrogens with zero attached hydrogens (tertiary/aromatic N) is 3. The number of nitro groups is 1. The normalized spacial score (nSPS) is 11.9. The lowest BCUT2D eigenvalue weighted by Gasteiger charge is -2.17. The molecule has 0 aliphatic rings. The summed E-state index contributed by atoms with van der Waals surface area (Å²) in [5.74, 6) is 1.26. The van der Waals surface area contributed by atoms with Crippen LogP contribution in [0, 0.1) is 10.1 Å². The fourth-order valence-electron chi connectivity index (χ4n) is 3.08. The molecular weight excluding hydrogens is 352 g/mol. The third kappa shape index (κ3) is 3.53. The Morgan fingerprint density at radius 3 is 2.29 bits per heavy atom. The van der Waals surface area contributed by atoms with Crippen LogP contribution in [0.15, 0.2) is 78.9 Å². The molecule has 0 unspecified atom stereocenters. The lowest BCUT2D eigenvalue weighted by molar-refractivity contribution is -0.384. The molecule has 1 N–H and O–H groups in total. The lowest BCUT2D eigenvalue weighted by atomic mass is 10.1. The second-order valence-electron chi connectivity index (χ2n) is 6.49. The summed E-state index contributed by atoms with van der Waals surface area (Å²) in [5.41, 5.74) is 2.74. The molecular formula is C22H18N4O2. The predicted octanol–water partition coefficient (Wildman–Crippen LogP) is 5.38. The quantitative estimate of drug-likeness (QED) is 0.377. The monoisotopic (exact) mass is 370 g/mol. The van der Waals surface area contributed by atoms with E-state index in [1.54, 1.807) is 12.1 Å². The minimum absolute atomic E-state index is 0.0422. The minimum Gasteiger partial charge on any atom is -0.363 e. The number of aromatic nitrogens is 2. The van der Waals surface area contributed by atoms with Gasteiger partial charge in [-0.1, -0.05) is 42.5 Å². The molecule has 1 heterocycles. The maximum atomic E-state index is 10.9. The maximum Gasteiger partial charge on any atom is 0.269 e. The Hall–Kier alpha value is -3.80. The molecule has 0 radical (unpaired) electrons. The second kappa shape index (κ2) is 7.44. The standard InChI is InChI=1S/C22H18N4O2/c1-15(16-7-3-2-4-8-16)23-22-19-9-5-6-10-20(19)24-21(25-22)17-11-13-18(14-12-17)26(27)28/h2-15H,1H3,(H,23,24,25)/t15-/m0/s1. The molecule has 3 aromatic carbocycles. The van der Waals surface area contributed by atoms with Crippen molar-refractivity contribution >= 4 is 22.4 Å². The molecule has 28 heavy (non-hydrogen) atoms. The number of non-ortho nitro benzene ring substituents is 1. The number of benzene rings is 3. The van der Waals surface area contributed by atoms with Crippen molar-refractivity contribution in [3.63, 3.8) is 0 Å². The molecule has 0 spiro atoms. The van der Waals surface area contributed by atoms with Crippen LogP contribution in [0.25, 0.3) is 22.3 Å². The highest BCUT2D eigenvalue weighted by Crippen LogP contribution is 2.28. The van der Waals surface area contributed by atoms with E-state index in [2.05, 4.69) is 29.4 Å². The van der Waals surface area contributed by atoms with Gasteiger partial charge in [0.2, 0.25) is 0 Å². The zero-order valence-corrected chi connectivity index (χ0v) is 15.2. The number of para-hydroxylation sites is 1. The summed E-state index contributed by atoms with van der Waals surface area (Å²) >= 11 is 0. The Bertz CT molecular complexity index is 1130. The molecule has 0 saturated heterocycles. The third-order valence-corrected chi connectivity index (χ3v) is 4.59. The Kier molecular flexibility index (Phi) is 4.68. The number of anilines is 1. The highest BCUT2D eigenvalue weighted by Gasteiger charge is 2.13. The molecule has 0 saturated carbocycles. The lowest BCUT2D eigenvalue weighted by Crippen LogP contribution is -2.09. The molecule has 0 aliphatic heterocycles. The molecule has 0 fully saturated rings. The van der Waals surface area contributed by atoms with E-state index < -0.39 is 4.92 Å². The topological polar surface area (TPSA) is 81.0 Å². The van der Waals surface area contributed by atoms with Gasteiger partial charge in [-0.2, -0.15) is 0 Å². The molecule has 138 valence electrons. The van der Waals surface area contributed by atoms with Gasteiger partial charge in [-0.15, -0.1) is 0 Å². The molecule has 0 aliphatic carbocycles. The minimum atomic E-state index is -0.417. The van der Waals surface area contributed by atoms with E-state index in [0.717, 1.165) is 27.8 Å². The average Bonchev–Trinajstić information content (AvgIpc) is 2.74. The predicted molar refractivity (Wildman–Crippen MR) is 110 cm³/mol. The summed E-state index contributed by atoms with van der Waals surface area (Å²) in [5, 5.41) is 15.3. The van der Waals surface area contributed by atoms with Crippen molar-refractivity contribution in [1.82, 2.24) is 9.97 Å². The van der Waals surface area contributed by atoms with Crippen molar-refractivity contribution in [2.75, 3.05) is 5.32 Å². The Labute approximate surface area is 162 Å². The molecule has 0 amide bonds. The SMILES string of the molecule is C[C@H](Nc1nc(-c2ccc([N+](=O)[O-])cc2)nc2ccccc12)c1ccccc1. The summed E-state index contributed by atoms with van der Waals surface area (Å²) in [6.07, 6.45) is 0. The van der Waals surface area contributed by atoms with Gasteiger partial charge in [0.15, 0.2) is 5.82 Å². The van der Waals surface area contributed by atoms with E-state index in [0.29, 0.717) is 5.82 Å². The molecule has 4 rings (SSSR count). The van der Waals surface area contributed by atoms with Crippen LogP contribution in [-0.2, 0) is 0 Å². The zero-order valence-electron chi connectivity index (χ0n) is 15.2. The number of hydrogen-bond acceptors (Lipinski definition) is 5. The van der Waals surface area contributed by atoms with E-state index in [4.69, 9.17) is 4.98 Å². The van der Waals surface area contributed by atoms with Crippen LogP contribution in [0.2, 0.25) is 0 Å². The van der Waals surface area contributed by atoms with Crippen molar-refractivity contribution in [2.24, 2.45) is 0 Å². The number of hydrogen-bond donors (Lipinski definition) is 1. The van der Waals surface area contributed by atoms with Gasteiger partial charge in [-0.3, -0.25) is 10.1 Å². The van der Waals surface area contributed by atoms with Crippen molar-refractivity contribution in [3.8, 4) is 11.4 Å². The average molecular weight is 370 g/mol. The summed E-state index contributed by atoms with van der Waals surface area (Å²) < 4.78 is 0. The highest BCUT2D eigenvalue weighted by atomic mass is 16.6. The van der Waals surface area contributed by atoms with Crippen molar-refractivity contribution in [2.45, 2.75) is 13.0 Å². The fourth-order valence-corrected chi connectivity index (χ4v) is 3.08. The molecule has 1 atom stereocenters. The van der Waals surface area contributed by atoms with E-state index in [1.807, 2.05) is 42.5 Å². The summed E-state index contributed by atoms with van der Waals surface area (Å²) in [7, 11) is 0. The Balaban J connectivity index is 1.76. The van der Waals surface area contributed by atoms with Crippen LogP contribution < -0.4 is 5.32 Å². The Morgan fingerprint density at radius 2 is 1.57 bits per heavy atom. The number of nitrogens with one attached hydrogen (secondary N) is 1. The zero-order chi connectivity index (χ0) is 19.5. The first-order valence-corrected chi connectivity index (χ1v) is 8.95. The molecule has 1 aromatic heterocycles. The van der Waals surface area contributed by atoms with Crippen LogP contribution in [0.4, 0.5) is 11.5 Å². The smallest absolute Gasteiger partial charge is 0.269 e. The first-order chi connectivity index (χ1) is 13.6. The molecule has 4 aromatic rings. The van der Waals surface area contributed by atoms with Crippen LogP contribution >= 0.6 is 0 Å². The van der Waals surface area contributed by atoms with Gasteiger partial charge in [-0.05, 0) is 36.8 Å². The summed E-state index contributed by atoms with van der Waals surface area (Å²) in [6.45, 7) is 2.08. The van der Waals surface area contributed by atoms with Crippen molar-refractivity contribution in [3.05, 3.63) is 94.5 Å². The molecule has 6 nitrogen and oxygen atoms in total. The van der Waals surface area contributed by atoms with Crippen LogP contribution in [0.5, 0.6) is 0 Å². The van der Waals surface area contributed by atoms with Gasteiger partial charge >= 0.3 is 0 Å².